The van der Waals surface area contributed by atoms with Crippen molar-refractivity contribution >= 4 is 46.5 Å². The van der Waals surface area contributed by atoms with Gasteiger partial charge >= 0.3 is 0 Å². The molecule has 34 heavy (non-hydrogen) atoms. The summed E-state index contributed by atoms with van der Waals surface area (Å²) < 4.78 is 5.17. The smallest absolute Gasteiger partial charge is 0.258 e. The largest absolute Gasteiger partial charge is 0.395 e. The van der Waals surface area contributed by atoms with Crippen LogP contribution in [0.2, 0.25) is 0 Å². The van der Waals surface area contributed by atoms with Crippen LogP contribution in [-0.2, 0) is 0 Å². The molecule has 4 N–H and O–H groups in total. The van der Waals surface area contributed by atoms with E-state index in [2.05, 4.69) is 36.3 Å². The molecule has 9 nitrogen and oxygen atoms in total. The number of carbonyl (C=O) groups excluding carboxylic acids is 1. The molecule has 10 heteroatoms. The molecule has 1 fully saturated rings. The lowest BCUT2D eigenvalue weighted by Crippen LogP contribution is -2.36. The van der Waals surface area contributed by atoms with E-state index in [1.165, 1.54) is 24.8 Å². The van der Waals surface area contributed by atoms with Crippen LogP contribution in [0.3, 0.4) is 0 Å². The van der Waals surface area contributed by atoms with Crippen LogP contribution < -0.4 is 20.3 Å². The summed E-state index contributed by atoms with van der Waals surface area (Å²) in [5, 5.41) is 15.5. The normalized spacial score (nSPS) is 18.9. The Morgan fingerprint density at radius 3 is 3.06 bits per heavy atom. The molecule has 4 bridgehead atoms. The predicted octanol–water partition coefficient (Wildman–Crippen LogP) is 3.85. The monoisotopic (exact) mass is 481 g/mol. The zero-order valence-electron chi connectivity index (χ0n) is 19.2. The number of nitrogens with one attached hydrogen (secondary N) is 3. The molecule has 0 saturated carbocycles. The summed E-state index contributed by atoms with van der Waals surface area (Å²) in [6, 6.07) is 5.85. The van der Waals surface area contributed by atoms with E-state index in [4.69, 9.17) is 5.11 Å². The molecular weight excluding hydrogens is 450 g/mol. The Balaban J connectivity index is 1.51. The van der Waals surface area contributed by atoms with Crippen LogP contribution in [0.1, 0.15) is 42.5 Å². The van der Waals surface area contributed by atoms with E-state index in [9.17, 15) is 4.79 Å². The number of hydrogen-bond acceptors (Lipinski definition) is 8. The summed E-state index contributed by atoms with van der Waals surface area (Å²) in [7, 11) is 0. The number of anilines is 4. The molecule has 0 spiro atoms. The third kappa shape index (κ3) is 5.07. The number of carbonyl (C=O) groups is 1. The lowest BCUT2D eigenvalue weighted by atomic mass is 9.92. The maximum atomic E-state index is 13.5. The Labute approximate surface area is 203 Å². The van der Waals surface area contributed by atoms with Crippen molar-refractivity contribution in [2.24, 2.45) is 5.92 Å². The summed E-state index contributed by atoms with van der Waals surface area (Å²) in [6.45, 7) is 2.84. The Morgan fingerprint density at radius 2 is 2.15 bits per heavy atom. The van der Waals surface area contributed by atoms with Crippen molar-refractivity contribution < 1.29 is 9.90 Å². The predicted molar refractivity (Wildman–Crippen MR) is 138 cm³/mol. The molecule has 1 atom stereocenters. The fourth-order valence-corrected chi connectivity index (χ4v) is 5.29. The zero-order valence-corrected chi connectivity index (χ0v) is 20.0. The maximum absolute atomic E-state index is 13.5. The summed E-state index contributed by atoms with van der Waals surface area (Å²) in [4.78, 5) is 24.9. The molecular formula is C24H31N7O2S. The van der Waals surface area contributed by atoms with Gasteiger partial charge in [-0.3, -0.25) is 4.79 Å². The first-order valence-electron chi connectivity index (χ1n) is 12.0. The number of aliphatic hydroxyl groups excluding tert-OH is 1. The molecule has 180 valence electrons. The molecule has 1 unspecified atom stereocenters. The highest BCUT2D eigenvalue weighted by Gasteiger charge is 2.25. The summed E-state index contributed by atoms with van der Waals surface area (Å²) in [5.74, 6) is 2.20. The second-order valence-electron chi connectivity index (χ2n) is 8.87. The van der Waals surface area contributed by atoms with Crippen molar-refractivity contribution in [1.82, 2.24) is 14.4 Å². The number of aromatic nitrogens is 3. The average Bonchev–Trinajstić information content (AvgIpc) is 3.32. The van der Waals surface area contributed by atoms with E-state index in [-0.39, 0.29) is 12.5 Å². The van der Waals surface area contributed by atoms with Crippen LogP contribution in [0.4, 0.5) is 23.0 Å². The molecule has 1 aromatic carbocycles. The Hall–Kier alpha value is -2.98. The van der Waals surface area contributed by atoms with Gasteiger partial charge in [-0.1, -0.05) is 18.4 Å². The summed E-state index contributed by atoms with van der Waals surface area (Å²) in [6.07, 6.45) is 11.1. The molecule has 2 aromatic heterocycles. The highest BCUT2D eigenvalue weighted by Crippen LogP contribution is 2.32. The van der Waals surface area contributed by atoms with Gasteiger partial charge in [-0.25, -0.2) is 9.97 Å². The molecule has 0 radical (unpaired) electrons. The molecule has 2 aliphatic heterocycles. The van der Waals surface area contributed by atoms with Gasteiger partial charge in [0.1, 0.15) is 0 Å². The van der Waals surface area contributed by atoms with Crippen molar-refractivity contribution in [3.8, 4) is 0 Å². The van der Waals surface area contributed by atoms with Gasteiger partial charge in [-0.15, -0.1) is 0 Å². The fraction of sp³-hybridized carbons (Fsp3) is 0.458. The third-order valence-corrected chi connectivity index (χ3v) is 7.20. The van der Waals surface area contributed by atoms with Crippen molar-refractivity contribution in [2.75, 3.05) is 52.2 Å². The van der Waals surface area contributed by atoms with Gasteiger partial charge in [-0.05, 0) is 49.8 Å². The first-order chi connectivity index (χ1) is 16.7. The zero-order chi connectivity index (χ0) is 23.3. The van der Waals surface area contributed by atoms with Crippen molar-refractivity contribution in [1.29, 1.82) is 0 Å². The van der Waals surface area contributed by atoms with Crippen LogP contribution in [0.25, 0.3) is 5.65 Å². The second-order valence-corrected chi connectivity index (χ2v) is 9.77. The number of rotatable bonds is 4. The van der Waals surface area contributed by atoms with Gasteiger partial charge < -0.3 is 29.8 Å². The van der Waals surface area contributed by atoms with E-state index in [1.807, 2.05) is 22.7 Å². The fourth-order valence-electron chi connectivity index (χ4n) is 4.81. The van der Waals surface area contributed by atoms with Crippen LogP contribution in [0.15, 0.2) is 36.8 Å². The second kappa shape index (κ2) is 10.5. The van der Waals surface area contributed by atoms with Crippen molar-refractivity contribution in [3.63, 3.8) is 0 Å². The van der Waals surface area contributed by atoms with E-state index in [1.54, 1.807) is 12.4 Å². The quantitative estimate of drug-likeness (QED) is 0.329. The molecule has 3 aromatic rings. The number of hydrogen-bond donors (Lipinski definition) is 4. The van der Waals surface area contributed by atoms with Crippen LogP contribution in [-0.4, -0.2) is 57.4 Å². The van der Waals surface area contributed by atoms with Crippen LogP contribution in [0.5, 0.6) is 0 Å². The van der Waals surface area contributed by atoms with Crippen LogP contribution in [0, 0.1) is 5.92 Å². The molecule has 0 aliphatic carbocycles. The minimum Gasteiger partial charge on any atom is -0.395 e. The van der Waals surface area contributed by atoms with E-state index in [0.717, 1.165) is 55.9 Å². The molecule has 5 rings (SSSR count). The summed E-state index contributed by atoms with van der Waals surface area (Å²) >= 11 is 1.46. The number of fused-ring (bicyclic) bond motifs is 8. The van der Waals surface area contributed by atoms with Gasteiger partial charge in [-0.2, -0.15) is 0 Å². The molecule has 2 aliphatic rings. The minimum atomic E-state index is -0.181. The number of benzene rings is 1. The highest BCUT2D eigenvalue weighted by atomic mass is 32.2. The van der Waals surface area contributed by atoms with Gasteiger partial charge in [0.25, 0.3) is 5.91 Å². The summed E-state index contributed by atoms with van der Waals surface area (Å²) in [5.41, 5.74) is 3.25. The number of nitrogens with zero attached hydrogens (tertiary/aromatic N) is 4. The Kier molecular flexibility index (Phi) is 7.05. The first kappa shape index (κ1) is 22.8. The van der Waals surface area contributed by atoms with Crippen molar-refractivity contribution in [2.45, 2.75) is 32.1 Å². The number of aliphatic hydroxyl groups is 1. The molecule has 4 heterocycles. The lowest BCUT2D eigenvalue weighted by molar-refractivity contribution is 0.102. The minimum absolute atomic E-state index is 0.115. The van der Waals surface area contributed by atoms with E-state index >= 15 is 0 Å². The van der Waals surface area contributed by atoms with E-state index in [0.29, 0.717) is 28.9 Å². The van der Waals surface area contributed by atoms with E-state index < -0.39 is 0 Å². The first-order valence-corrected chi connectivity index (χ1v) is 13.0. The molecule has 1 saturated heterocycles. The number of amides is 1. The number of imidazole rings is 1. The maximum Gasteiger partial charge on any atom is 0.258 e. The molecule has 1 amide bonds. The van der Waals surface area contributed by atoms with Crippen LogP contribution >= 0.6 is 11.9 Å². The third-order valence-electron chi connectivity index (χ3n) is 6.43. The lowest BCUT2D eigenvalue weighted by Gasteiger charge is -2.35. The van der Waals surface area contributed by atoms with Crippen molar-refractivity contribution in [3.05, 3.63) is 42.4 Å². The SMILES string of the molecule is O=C1Nc2cn3ccnc3c(n2)NCCCCC2CCCN(C2)c2cc(NSCCO)ccc21. The number of piperidine rings is 1. The Morgan fingerprint density at radius 1 is 1.24 bits per heavy atom. The Bertz CT molecular complexity index is 1150. The topological polar surface area (TPSA) is 107 Å². The van der Waals surface area contributed by atoms with Gasteiger partial charge in [0, 0.05) is 43.5 Å². The standard InChI is InChI=1S/C24H31N7O2S/c32-12-13-34-29-18-6-7-19-20(14-18)30-10-3-5-17(15-30)4-1-2-8-25-22-23-26-9-11-31(23)16-21(27-22)28-24(19)33/h6-7,9,11,14,16-17,29,32H,1-5,8,10,12-13,15H2,(H,25,27)(H,28,33). The van der Waals surface area contributed by atoms with Gasteiger partial charge in [0.2, 0.25) is 0 Å². The average molecular weight is 482 g/mol. The highest BCUT2D eigenvalue weighted by molar-refractivity contribution is 8.00. The van der Waals surface area contributed by atoms with Gasteiger partial charge in [0.15, 0.2) is 17.3 Å². The van der Waals surface area contributed by atoms with Gasteiger partial charge in [0.05, 0.1) is 24.1 Å².